The van der Waals surface area contributed by atoms with Crippen LogP contribution in [-0.2, 0) is 4.79 Å². The van der Waals surface area contributed by atoms with Crippen LogP contribution in [0.2, 0.25) is 0 Å². The zero-order valence-corrected chi connectivity index (χ0v) is 8.77. The second-order valence-corrected chi connectivity index (χ2v) is 2.89. The van der Waals surface area contributed by atoms with Crippen LogP contribution in [0.25, 0.3) is 0 Å². The molecule has 0 radical (unpaired) electrons. The van der Waals surface area contributed by atoms with E-state index >= 15 is 0 Å². The van der Waals surface area contributed by atoms with E-state index in [1.165, 1.54) is 14.0 Å². The Balaban J connectivity index is 5.59. The number of alkyl halides is 3. The van der Waals surface area contributed by atoms with Crippen molar-refractivity contribution in [2.45, 2.75) is 26.4 Å². The molecular weight excluding hydrogens is 209 g/mol. The summed E-state index contributed by atoms with van der Waals surface area (Å²) in [6.07, 6.45) is -4.42. The molecule has 0 aromatic heterocycles. The third-order valence-electron chi connectivity index (χ3n) is 1.94. The number of allylic oxidation sites excluding steroid dienone is 1. The number of carbonyl (C=O) groups is 1. The van der Waals surface area contributed by atoms with Gasteiger partial charge in [0.15, 0.2) is 0 Å². The molecule has 0 aromatic carbocycles. The van der Waals surface area contributed by atoms with E-state index in [-0.39, 0.29) is 11.3 Å². The van der Waals surface area contributed by atoms with Crippen molar-refractivity contribution >= 4 is 11.6 Å². The molecule has 15 heavy (non-hydrogen) atoms. The smallest absolute Gasteiger partial charge is 0.366 e. The van der Waals surface area contributed by atoms with Gasteiger partial charge in [-0.2, -0.15) is 13.2 Å². The van der Waals surface area contributed by atoms with Crippen LogP contribution in [-0.4, -0.2) is 24.8 Å². The molecule has 1 amide bonds. The quantitative estimate of drug-likeness (QED) is 0.574. The van der Waals surface area contributed by atoms with Gasteiger partial charge in [-0.15, -0.1) is 0 Å². The van der Waals surface area contributed by atoms with Gasteiger partial charge in [0.25, 0.3) is 5.91 Å². The number of hydrogen-bond donors (Lipinski definition) is 1. The van der Waals surface area contributed by atoms with Gasteiger partial charge >= 0.3 is 6.18 Å². The summed E-state index contributed by atoms with van der Waals surface area (Å²) in [5.41, 5.74) is 3.39. The highest BCUT2D eigenvalue weighted by molar-refractivity contribution is 6.07. The molecule has 0 bridgehead atoms. The first kappa shape index (κ1) is 13.7. The van der Waals surface area contributed by atoms with Crippen molar-refractivity contribution in [1.82, 2.24) is 0 Å². The predicted molar refractivity (Wildman–Crippen MR) is 51.6 cm³/mol. The standard InChI is InChI=1S/C9H13F3N2O/c1-4-6(14-3)5(2)7(8(13)15)9(10,11)12/h4H2,1-3H3,(H2,13,15)/b7-5+,14-6?. The maximum absolute atomic E-state index is 12.4. The van der Waals surface area contributed by atoms with Crippen LogP contribution in [0, 0.1) is 0 Å². The Morgan fingerprint density at radius 1 is 1.40 bits per heavy atom. The fourth-order valence-corrected chi connectivity index (χ4v) is 1.27. The van der Waals surface area contributed by atoms with Crippen LogP contribution in [0.15, 0.2) is 16.1 Å². The number of amides is 1. The minimum Gasteiger partial charge on any atom is -0.366 e. The second kappa shape index (κ2) is 4.95. The first-order valence-electron chi connectivity index (χ1n) is 4.29. The Hall–Kier alpha value is -1.33. The Labute approximate surface area is 85.9 Å². The van der Waals surface area contributed by atoms with E-state index in [0.29, 0.717) is 6.42 Å². The maximum atomic E-state index is 12.4. The summed E-state index contributed by atoms with van der Waals surface area (Å²) in [4.78, 5) is 14.4. The number of halogens is 3. The molecule has 0 aliphatic carbocycles. The normalized spacial score (nSPS) is 14.9. The largest absolute Gasteiger partial charge is 0.422 e. The zero-order chi connectivity index (χ0) is 12.2. The highest BCUT2D eigenvalue weighted by Crippen LogP contribution is 2.28. The number of nitrogens with zero attached hydrogens (tertiary/aromatic N) is 1. The first-order chi connectivity index (χ1) is 6.75. The lowest BCUT2D eigenvalue weighted by Crippen LogP contribution is -2.29. The first-order valence-corrected chi connectivity index (χ1v) is 4.29. The SMILES string of the molecule is CCC(=NC)/C(C)=C(\C(N)=O)C(F)(F)F. The molecule has 6 heteroatoms. The van der Waals surface area contributed by atoms with Crippen molar-refractivity contribution in [3.63, 3.8) is 0 Å². The minimum atomic E-state index is -4.74. The van der Waals surface area contributed by atoms with Crippen LogP contribution < -0.4 is 5.73 Å². The lowest BCUT2D eigenvalue weighted by atomic mass is 10.0. The van der Waals surface area contributed by atoms with E-state index in [4.69, 9.17) is 5.73 Å². The van der Waals surface area contributed by atoms with Crippen LogP contribution in [0.1, 0.15) is 20.3 Å². The highest BCUT2D eigenvalue weighted by atomic mass is 19.4. The Morgan fingerprint density at radius 2 is 1.87 bits per heavy atom. The Kier molecular flexibility index (Phi) is 4.51. The lowest BCUT2D eigenvalue weighted by molar-refractivity contribution is -0.128. The van der Waals surface area contributed by atoms with Crippen molar-refractivity contribution in [2.75, 3.05) is 7.05 Å². The number of aliphatic imine (C=N–C) groups is 1. The van der Waals surface area contributed by atoms with Gasteiger partial charge in [0.2, 0.25) is 0 Å². The van der Waals surface area contributed by atoms with Gasteiger partial charge in [0, 0.05) is 12.8 Å². The number of nitrogens with two attached hydrogens (primary N) is 1. The van der Waals surface area contributed by atoms with Crippen LogP contribution >= 0.6 is 0 Å². The number of carbonyl (C=O) groups excluding carboxylic acids is 1. The van der Waals surface area contributed by atoms with Crippen molar-refractivity contribution in [3.8, 4) is 0 Å². The molecule has 2 N–H and O–H groups in total. The molecule has 0 fully saturated rings. The molecule has 0 rings (SSSR count). The molecule has 0 spiro atoms. The molecule has 0 aliphatic rings. The number of primary amides is 1. The molecule has 0 saturated carbocycles. The number of hydrogen-bond acceptors (Lipinski definition) is 2. The van der Waals surface area contributed by atoms with Crippen LogP contribution in [0.4, 0.5) is 13.2 Å². The van der Waals surface area contributed by atoms with E-state index in [1.54, 1.807) is 6.92 Å². The Bertz CT molecular complexity index is 316. The molecular formula is C9H13F3N2O. The Morgan fingerprint density at radius 3 is 2.07 bits per heavy atom. The van der Waals surface area contributed by atoms with Gasteiger partial charge in [-0.25, -0.2) is 0 Å². The lowest BCUT2D eigenvalue weighted by Gasteiger charge is -2.13. The molecule has 0 saturated heterocycles. The van der Waals surface area contributed by atoms with Gasteiger partial charge in [-0.1, -0.05) is 6.92 Å². The second-order valence-electron chi connectivity index (χ2n) is 2.89. The fraction of sp³-hybridized carbons (Fsp3) is 0.556. The molecule has 0 unspecified atom stereocenters. The summed E-state index contributed by atoms with van der Waals surface area (Å²) in [6, 6.07) is 0. The van der Waals surface area contributed by atoms with E-state index in [2.05, 4.69) is 4.99 Å². The molecule has 0 aliphatic heterocycles. The summed E-state index contributed by atoms with van der Waals surface area (Å²) in [5, 5.41) is 0. The average molecular weight is 222 g/mol. The zero-order valence-electron chi connectivity index (χ0n) is 8.77. The molecule has 0 heterocycles. The highest BCUT2D eigenvalue weighted by Gasteiger charge is 2.39. The molecule has 0 atom stereocenters. The summed E-state index contributed by atoms with van der Waals surface area (Å²) < 4.78 is 37.3. The molecule has 3 nitrogen and oxygen atoms in total. The van der Waals surface area contributed by atoms with Crippen LogP contribution in [0.5, 0.6) is 0 Å². The third kappa shape index (κ3) is 3.38. The van der Waals surface area contributed by atoms with Crippen molar-refractivity contribution < 1.29 is 18.0 Å². The minimum absolute atomic E-state index is 0.208. The van der Waals surface area contributed by atoms with E-state index in [1.807, 2.05) is 0 Å². The van der Waals surface area contributed by atoms with E-state index in [9.17, 15) is 18.0 Å². The fourth-order valence-electron chi connectivity index (χ4n) is 1.27. The molecule has 86 valence electrons. The summed E-state index contributed by atoms with van der Waals surface area (Å²) >= 11 is 0. The number of rotatable bonds is 3. The average Bonchev–Trinajstić information content (AvgIpc) is 2.02. The maximum Gasteiger partial charge on any atom is 0.422 e. The van der Waals surface area contributed by atoms with Crippen molar-refractivity contribution in [3.05, 3.63) is 11.1 Å². The van der Waals surface area contributed by atoms with Crippen LogP contribution in [0.3, 0.4) is 0 Å². The monoisotopic (exact) mass is 222 g/mol. The van der Waals surface area contributed by atoms with Gasteiger partial charge in [-0.05, 0) is 18.9 Å². The summed E-state index contributed by atoms with van der Waals surface area (Å²) in [6.45, 7) is 2.85. The van der Waals surface area contributed by atoms with E-state index in [0.717, 1.165) is 0 Å². The van der Waals surface area contributed by atoms with Gasteiger partial charge < -0.3 is 5.73 Å². The predicted octanol–water partition coefficient (Wildman–Crippen LogP) is 1.83. The summed E-state index contributed by atoms with van der Waals surface area (Å²) in [5.74, 6) is -1.48. The summed E-state index contributed by atoms with van der Waals surface area (Å²) in [7, 11) is 1.37. The van der Waals surface area contributed by atoms with Gasteiger partial charge in [0.05, 0.1) is 0 Å². The van der Waals surface area contributed by atoms with E-state index < -0.39 is 17.7 Å². The van der Waals surface area contributed by atoms with Gasteiger partial charge in [-0.3, -0.25) is 9.79 Å². The topological polar surface area (TPSA) is 55.4 Å². The third-order valence-corrected chi connectivity index (χ3v) is 1.94. The van der Waals surface area contributed by atoms with Crippen molar-refractivity contribution in [2.24, 2.45) is 10.7 Å². The van der Waals surface area contributed by atoms with Gasteiger partial charge in [0.1, 0.15) is 5.57 Å². The molecule has 0 aromatic rings. The van der Waals surface area contributed by atoms with Crippen molar-refractivity contribution in [1.29, 1.82) is 0 Å².